The van der Waals surface area contributed by atoms with Crippen LogP contribution >= 0.6 is 15.9 Å². The van der Waals surface area contributed by atoms with Gasteiger partial charge < -0.3 is 10.4 Å². The smallest absolute Gasteiger partial charge is 0.329 e. The number of halogens is 1. The van der Waals surface area contributed by atoms with Crippen molar-refractivity contribution in [3.8, 4) is 0 Å². The first-order chi connectivity index (χ1) is 7.08. The number of carbonyl (C=O) groups excluding carboxylic acids is 1. The van der Waals surface area contributed by atoms with Gasteiger partial charge in [0, 0.05) is 21.8 Å². The first-order valence-electron chi connectivity index (χ1n) is 4.14. The molecule has 0 atom stereocenters. The number of rotatable bonds is 1. The molecule has 0 spiro atoms. The second kappa shape index (κ2) is 3.51. The van der Waals surface area contributed by atoms with Crippen LogP contribution in [0.4, 0.5) is 5.69 Å². The number of nitrogens with one attached hydrogen (secondary N) is 1. The van der Waals surface area contributed by atoms with Gasteiger partial charge in [0.15, 0.2) is 0 Å². The van der Waals surface area contributed by atoms with E-state index in [2.05, 4.69) is 21.2 Å². The Kier molecular flexibility index (Phi) is 2.32. The van der Waals surface area contributed by atoms with Crippen LogP contribution in [0.1, 0.15) is 5.56 Å². The monoisotopic (exact) mass is 267 g/mol. The van der Waals surface area contributed by atoms with Gasteiger partial charge in [0.25, 0.3) is 5.91 Å². The van der Waals surface area contributed by atoms with E-state index in [0.29, 0.717) is 11.3 Å². The van der Waals surface area contributed by atoms with Crippen LogP contribution < -0.4 is 5.32 Å². The van der Waals surface area contributed by atoms with Gasteiger partial charge in [0.1, 0.15) is 0 Å². The van der Waals surface area contributed by atoms with Gasteiger partial charge in [-0.25, -0.2) is 4.79 Å². The molecule has 1 aromatic carbocycles. The minimum Gasteiger partial charge on any atom is -0.478 e. The molecular formula is C10H6BrNO3. The zero-order valence-corrected chi connectivity index (χ0v) is 9.04. The van der Waals surface area contributed by atoms with Gasteiger partial charge in [-0.1, -0.05) is 15.9 Å². The third-order valence-corrected chi connectivity index (χ3v) is 2.53. The molecule has 1 amide bonds. The number of amides is 1. The molecule has 0 saturated carbocycles. The molecule has 76 valence electrons. The van der Waals surface area contributed by atoms with Crippen molar-refractivity contribution in [3.63, 3.8) is 0 Å². The second-order valence-corrected chi connectivity index (χ2v) is 3.96. The molecule has 0 aromatic heterocycles. The molecule has 0 saturated heterocycles. The van der Waals surface area contributed by atoms with Crippen molar-refractivity contribution in [2.45, 2.75) is 0 Å². The summed E-state index contributed by atoms with van der Waals surface area (Å²) in [6.45, 7) is 0. The number of hydrogen-bond donors (Lipinski definition) is 2. The van der Waals surface area contributed by atoms with E-state index < -0.39 is 5.97 Å². The third-order valence-electron chi connectivity index (χ3n) is 2.03. The van der Waals surface area contributed by atoms with Crippen LogP contribution in [0.15, 0.2) is 28.7 Å². The molecule has 1 heterocycles. The van der Waals surface area contributed by atoms with Crippen molar-refractivity contribution in [1.82, 2.24) is 0 Å². The van der Waals surface area contributed by atoms with Crippen LogP contribution in [0, 0.1) is 0 Å². The molecule has 1 aliphatic heterocycles. The minimum atomic E-state index is -1.13. The molecule has 0 radical (unpaired) electrons. The fraction of sp³-hybridized carbons (Fsp3) is 0. The molecule has 2 N–H and O–H groups in total. The van der Waals surface area contributed by atoms with E-state index in [1.54, 1.807) is 18.2 Å². The molecule has 1 aromatic rings. The highest BCUT2D eigenvalue weighted by Crippen LogP contribution is 2.33. The number of benzene rings is 1. The number of carboxylic acids is 1. The number of aliphatic carboxylic acids is 1. The molecule has 2 rings (SSSR count). The van der Waals surface area contributed by atoms with Crippen LogP contribution in [-0.4, -0.2) is 17.0 Å². The molecule has 1 aliphatic rings. The minimum absolute atomic E-state index is 0.179. The fourth-order valence-electron chi connectivity index (χ4n) is 1.43. The zero-order valence-electron chi connectivity index (χ0n) is 7.45. The van der Waals surface area contributed by atoms with Crippen LogP contribution in [0.5, 0.6) is 0 Å². The first kappa shape index (κ1) is 9.92. The lowest BCUT2D eigenvalue weighted by molar-refractivity contribution is -0.131. The first-order valence-corrected chi connectivity index (χ1v) is 4.93. The number of carbonyl (C=O) groups is 2. The summed E-state index contributed by atoms with van der Waals surface area (Å²) in [4.78, 5) is 21.9. The van der Waals surface area contributed by atoms with Crippen molar-refractivity contribution < 1.29 is 14.7 Å². The predicted molar refractivity (Wildman–Crippen MR) is 58.4 cm³/mol. The Morgan fingerprint density at radius 2 is 2.20 bits per heavy atom. The summed E-state index contributed by atoms with van der Waals surface area (Å²) in [7, 11) is 0. The maximum atomic E-state index is 11.4. The highest BCUT2D eigenvalue weighted by Gasteiger charge is 2.24. The normalized spacial score (nSPS) is 16.3. The summed E-state index contributed by atoms with van der Waals surface area (Å²) in [6.07, 6.45) is 0.910. The molecule has 0 aliphatic carbocycles. The van der Waals surface area contributed by atoms with Gasteiger partial charge in [-0.2, -0.15) is 0 Å². The van der Waals surface area contributed by atoms with E-state index in [1.807, 2.05) is 0 Å². The summed E-state index contributed by atoms with van der Waals surface area (Å²) < 4.78 is 0.800. The van der Waals surface area contributed by atoms with E-state index in [1.165, 1.54) is 0 Å². The highest BCUT2D eigenvalue weighted by atomic mass is 79.9. The van der Waals surface area contributed by atoms with Gasteiger partial charge in [0.05, 0.1) is 5.57 Å². The van der Waals surface area contributed by atoms with E-state index in [-0.39, 0.29) is 11.5 Å². The lowest BCUT2D eigenvalue weighted by atomic mass is 10.1. The van der Waals surface area contributed by atoms with Gasteiger partial charge in [-0.15, -0.1) is 0 Å². The van der Waals surface area contributed by atoms with Crippen LogP contribution in [0.2, 0.25) is 0 Å². The van der Waals surface area contributed by atoms with Crippen LogP contribution in [0.25, 0.3) is 5.57 Å². The molecule has 0 fully saturated rings. The van der Waals surface area contributed by atoms with Gasteiger partial charge in [-0.3, -0.25) is 4.79 Å². The van der Waals surface area contributed by atoms with E-state index in [0.717, 1.165) is 10.5 Å². The molecule has 0 unspecified atom stereocenters. The van der Waals surface area contributed by atoms with Crippen molar-refractivity contribution in [2.24, 2.45) is 0 Å². The van der Waals surface area contributed by atoms with Gasteiger partial charge in [-0.05, 0) is 18.2 Å². The van der Waals surface area contributed by atoms with Crippen molar-refractivity contribution in [2.75, 3.05) is 5.32 Å². The number of fused-ring (bicyclic) bond motifs is 1. The van der Waals surface area contributed by atoms with Crippen LogP contribution in [-0.2, 0) is 9.59 Å². The van der Waals surface area contributed by atoms with Gasteiger partial charge in [0.2, 0.25) is 0 Å². The Bertz CT molecular complexity index is 493. The van der Waals surface area contributed by atoms with Crippen molar-refractivity contribution in [3.05, 3.63) is 34.3 Å². The standard InChI is InChI=1S/C10H6BrNO3/c11-5-1-2-8-6(3-5)7(4-9(13)14)10(15)12-8/h1-4H,(H,12,15)(H,13,14)/b7-4-. The molecule has 0 bridgehead atoms. The Labute approximate surface area is 93.7 Å². The Hall–Kier alpha value is -1.62. The van der Waals surface area contributed by atoms with E-state index in [4.69, 9.17) is 5.11 Å². The van der Waals surface area contributed by atoms with Crippen molar-refractivity contribution >= 4 is 39.1 Å². The predicted octanol–water partition coefficient (Wildman–Crippen LogP) is 1.87. The summed E-state index contributed by atoms with van der Waals surface area (Å²) in [5, 5.41) is 11.2. The summed E-state index contributed by atoms with van der Waals surface area (Å²) in [6, 6.07) is 5.21. The van der Waals surface area contributed by atoms with Gasteiger partial charge >= 0.3 is 5.97 Å². The third kappa shape index (κ3) is 1.78. The highest BCUT2D eigenvalue weighted by molar-refractivity contribution is 9.10. The number of hydrogen-bond acceptors (Lipinski definition) is 2. The maximum Gasteiger partial charge on any atom is 0.329 e. The fourth-order valence-corrected chi connectivity index (χ4v) is 1.79. The number of carboxylic acid groups (broad SMARTS) is 1. The number of anilines is 1. The molecule has 5 heteroatoms. The van der Waals surface area contributed by atoms with Crippen LogP contribution in [0.3, 0.4) is 0 Å². The SMILES string of the molecule is O=C(O)/C=C1\C(=O)Nc2ccc(Br)cc21. The topological polar surface area (TPSA) is 66.4 Å². The summed E-state index contributed by atoms with van der Waals surface area (Å²) >= 11 is 3.26. The average molecular weight is 268 g/mol. The molecule has 4 nitrogen and oxygen atoms in total. The summed E-state index contributed by atoms with van der Waals surface area (Å²) in [5.74, 6) is -1.52. The Balaban J connectivity index is 2.58. The largest absolute Gasteiger partial charge is 0.478 e. The average Bonchev–Trinajstić information content (AvgIpc) is 2.43. The Morgan fingerprint density at radius 3 is 2.87 bits per heavy atom. The quantitative estimate of drug-likeness (QED) is 0.764. The zero-order chi connectivity index (χ0) is 11.0. The molecule has 15 heavy (non-hydrogen) atoms. The van der Waals surface area contributed by atoms with Crippen molar-refractivity contribution in [1.29, 1.82) is 0 Å². The lowest BCUT2D eigenvalue weighted by Gasteiger charge is -1.97. The Morgan fingerprint density at radius 1 is 1.47 bits per heavy atom. The lowest BCUT2D eigenvalue weighted by Crippen LogP contribution is -2.05. The maximum absolute atomic E-state index is 11.4. The molecular weight excluding hydrogens is 262 g/mol. The summed E-state index contributed by atoms with van der Waals surface area (Å²) in [5.41, 5.74) is 1.42. The van der Waals surface area contributed by atoms with E-state index >= 15 is 0 Å². The second-order valence-electron chi connectivity index (χ2n) is 3.04. The van der Waals surface area contributed by atoms with E-state index in [9.17, 15) is 9.59 Å².